The van der Waals surface area contributed by atoms with Gasteiger partial charge in [-0.3, -0.25) is 18.7 Å². The highest BCUT2D eigenvalue weighted by atomic mass is 35.7. The maximum Gasteiger partial charge on any atom is 0.296 e. The number of nitrogens with zero attached hydrogens (tertiary/aromatic N) is 1. The molecule has 3 aromatic rings. The van der Waals surface area contributed by atoms with Crippen LogP contribution in [0.2, 0.25) is 0 Å². The van der Waals surface area contributed by atoms with Gasteiger partial charge in [-0.1, -0.05) is 47.5 Å². The van der Waals surface area contributed by atoms with Gasteiger partial charge in [0.2, 0.25) is 1.43 Å². The second-order valence-corrected chi connectivity index (χ2v) is 11.2. The number of nitrogens with two attached hydrogens (primary N) is 2. The molecule has 0 unspecified atom stereocenters. The molecular formula is C27H39Cl2N3O8S2. The topological polar surface area (TPSA) is 187 Å². The minimum absolute atomic E-state index is 0. The van der Waals surface area contributed by atoms with Crippen molar-refractivity contribution in [3.8, 4) is 0 Å². The zero-order valence-corrected chi connectivity index (χ0v) is 25.1. The highest BCUT2D eigenvalue weighted by Gasteiger charge is 2.31. The molecule has 0 fully saturated rings. The van der Waals surface area contributed by atoms with Crippen molar-refractivity contribution in [2.45, 2.75) is 23.6 Å². The van der Waals surface area contributed by atoms with E-state index in [1.165, 1.54) is 36.4 Å². The average molecular weight is 685 g/mol. The van der Waals surface area contributed by atoms with E-state index in [-0.39, 0.29) is 33.3 Å². The van der Waals surface area contributed by atoms with Crippen LogP contribution in [-0.4, -0.2) is 75.1 Å². The minimum Gasteiger partial charge on any atom is -0.400 e. The quantitative estimate of drug-likeness (QED) is 0.210. The number of carbonyl (C=O) groups excluding carboxylic acids is 2. The number of carbonyl (C=O) groups is 2. The maximum absolute atomic E-state index is 11.6. The van der Waals surface area contributed by atoms with Gasteiger partial charge in [-0.25, -0.2) is 8.42 Å². The van der Waals surface area contributed by atoms with Crippen LogP contribution in [-0.2, 0) is 23.4 Å². The van der Waals surface area contributed by atoms with E-state index in [2.05, 4.69) is 20.8 Å². The Kier molecular flexibility index (Phi) is 10.8. The first-order valence-corrected chi connectivity index (χ1v) is 14.1. The van der Waals surface area contributed by atoms with Gasteiger partial charge < -0.3 is 16.6 Å². The molecule has 0 radical (unpaired) electrons. The summed E-state index contributed by atoms with van der Waals surface area (Å²) in [6, 6.07) is 18.2. The van der Waals surface area contributed by atoms with Gasteiger partial charge in [0, 0.05) is 37.0 Å². The van der Waals surface area contributed by atoms with Gasteiger partial charge in [-0.05, 0) is 64.2 Å². The van der Waals surface area contributed by atoms with Crippen molar-refractivity contribution < 1.29 is 56.3 Å². The Morgan fingerprint density at radius 3 is 1.50 bits per heavy atom. The number of fused-ring (bicyclic) bond motifs is 1. The van der Waals surface area contributed by atoms with E-state index in [0.29, 0.717) is 4.90 Å². The number of benzene rings is 3. The summed E-state index contributed by atoms with van der Waals surface area (Å²) in [5.41, 5.74) is 10.9. The Labute approximate surface area is 282 Å². The molecule has 2 amide bonds. The smallest absolute Gasteiger partial charge is 0.296 e. The molecule has 0 atom stereocenters. The number of rotatable bonds is 3. The molecule has 0 saturated heterocycles. The summed E-state index contributed by atoms with van der Waals surface area (Å²) in [6.07, 6.45) is 0. The van der Waals surface area contributed by atoms with Crippen LogP contribution in [0.3, 0.4) is 0 Å². The maximum atomic E-state index is 11.6. The lowest BCUT2D eigenvalue weighted by atomic mass is 10.1. The fraction of sp³-hybridized carbons (Fsp3) is 0.259. The van der Waals surface area contributed by atoms with Crippen LogP contribution in [0.1, 0.15) is 52.4 Å². The van der Waals surface area contributed by atoms with E-state index >= 15 is 0 Å². The van der Waals surface area contributed by atoms with Gasteiger partial charge in [-0.15, -0.1) is 12.4 Å². The van der Waals surface area contributed by atoms with E-state index < -0.39 is 66.0 Å². The molecule has 1 aliphatic heterocycles. The van der Waals surface area contributed by atoms with Crippen molar-refractivity contribution in [2.75, 3.05) is 35.0 Å². The lowest BCUT2D eigenvalue weighted by Crippen LogP contribution is -2.24. The molecule has 11 nitrogen and oxygen atoms in total. The van der Waals surface area contributed by atoms with Gasteiger partial charge in [0.25, 0.3) is 31.0 Å². The zero-order chi connectivity index (χ0) is 45.6. The Balaban J connectivity index is -0.000000661. The summed E-state index contributed by atoms with van der Waals surface area (Å²) in [6.45, 7) is -3.54. The number of halogens is 2. The summed E-state index contributed by atoms with van der Waals surface area (Å²) < 4.78 is 150. The fourth-order valence-electron chi connectivity index (χ4n) is 2.64. The van der Waals surface area contributed by atoms with E-state index in [4.69, 9.17) is 32.7 Å². The second-order valence-electron chi connectivity index (χ2n) is 7.09. The van der Waals surface area contributed by atoms with Crippen molar-refractivity contribution in [1.29, 1.82) is 1.43 Å². The first-order chi connectivity index (χ1) is 25.2. The van der Waals surface area contributed by atoms with Crippen molar-refractivity contribution in [2.24, 2.45) is 11.5 Å². The predicted octanol–water partition coefficient (Wildman–Crippen LogP) is 3.35. The van der Waals surface area contributed by atoms with Gasteiger partial charge in [0.15, 0.2) is 0 Å². The van der Waals surface area contributed by atoms with E-state index in [1.54, 1.807) is 43.3 Å². The summed E-state index contributed by atoms with van der Waals surface area (Å²) in [5, 5.41) is 3.19. The number of hydrogen-bond donors (Lipinski definition) is 3. The third kappa shape index (κ3) is 13.9. The minimum atomic E-state index is -4.20. The molecule has 15 heteroatoms. The molecule has 0 bridgehead atoms. The van der Waals surface area contributed by atoms with Crippen LogP contribution in [0.5, 0.6) is 0 Å². The Bertz CT molecular complexity index is 1900. The van der Waals surface area contributed by atoms with Crippen LogP contribution in [0, 0.1) is 13.8 Å². The van der Waals surface area contributed by atoms with Crippen molar-refractivity contribution >= 4 is 54.1 Å². The largest absolute Gasteiger partial charge is 0.400 e. The van der Waals surface area contributed by atoms with E-state index in [0.717, 1.165) is 11.1 Å². The van der Waals surface area contributed by atoms with Crippen LogP contribution in [0.4, 0.5) is 0 Å². The molecule has 0 saturated carbocycles. The predicted molar refractivity (Wildman–Crippen MR) is 168 cm³/mol. The van der Waals surface area contributed by atoms with Crippen molar-refractivity contribution in [3.63, 3.8) is 0 Å². The summed E-state index contributed by atoms with van der Waals surface area (Å²) in [5.74, 6) is -1.51. The van der Waals surface area contributed by atoms with Gasteiger partial charge >= 0.3 is 0 Å². The number of imide groups is 1. The number of aliphatic hydroxyl groups is 1. The number of aryl methyl sites for hydroxylation is 2. The van der Waals surface area contributed by atoms with Crippen LogP contribution in [0.25, 0.3) is 0 Å². The molecule has 1 aliphatic rings. The van der Waals surface area contributed by atoms with Gasteiger partial charge in [-0.2, -0.15) is 8.42 Å². The molecule has 1 heterocycles. The SMILES string of the molecule is Cc1ccc(S(=O)(=O)Cl)cc1.Cl.[2H]C([2H])([2H])N.[2H]C([2H])([2H])N.[2H]C([2H])([2H])N1C(=O)c2ccccc2C1=O.[2H]C([2H])([2H])OS(=O)(=O)c1ccc(C)cc1.[2H]OC([2H])([2H])[2H]. The zero-order valence-electron chi connectivity index (χ0n) is 37.9. The third-order valence-corrected chi connectivity index (χ3v) is 6.95. The second kappa shape index (κ2) is 21.8. The monoisotopic (exact) mass is 683 g/mol. The van der Waals surface area contributed by atoms with Gasteiger partial charge in [0.1, 0.15) is 0 Å². The molecular weight excluding hydrogens is 629 g/mol. The Morgan fingerprint density at radius 2 is 1.19 bits per heavy atom. The third-order valence-electron chi connectivity index (χ3n) is 4.52. The molecule has 42 heavy (non-hydrogen) atoms. The summed E-state index contributed by atoms with van der Waals surface area (Å²) in [4.78, 5) is 23.5. The molecule has 4 rings (SSSR count). The average Bonchev–Trinajstić information content (AvgIpc) is 3.25. The Morgan fingerprint density at radius 1 is 0.810 bits per heavy atom. The molecule has 0 aliphatic carbocycles. The molecule has 0 aromatic heterocycles. The molecule has 3 aromatic carbocycles. The van der Waals surface area contributed by atoms with E-state index in [1.807, 2.05) is 6.92 Å². The summed E-state index contributed by atoms with van der Waals surface area (Å²) in [7, 11) is -8.16. The van der Waals surface area contributed by atoms with Crippen molar-refractivity contribution in [1.82, 2.24) is 4.90 Å². The number of hydrogen-bond acceptors (Lipinski definition) is 10. The van der Waals surface area contributed by atoms with Crippen molar-refractivity contribution in [3.05, 3.63) is 95.1 Å². The lowest BCUT2D eigenvalue weighted by Gasteiger charge is -2.02. The standard InChI is InChI=1S/C9H7NO2.C8H10O3S.C7H7ClO2S.2CH5N.CH4O.ClH/c1-10-8(11)6-4-2-3-5-7(6)9(10)12;1-7-3-5-8(6-4-7)12(9,10)11-2;1-6-2-4-7(5-3-6)11(8,9)10;3*1-2;/h2-5H,1H3;3-6H,1-2H3;2-5H,1H3;2*2H2,1H3;2H,1H3;1H/i1D3;2D3;;2*1D3;1D3,2D;. The normalized spacial score (nSPS) is 18.2. The first-order valence-electron chi connectivity index (χ1n) is 18.3. The summed E-state index contributed by atoms with van der Waals surface area (Å²) >= 11 is 0. The molecule has 5 N–H and O–H groups in total. The number of amides is 2. The lowest BCUT2D eigenvalue weighted by molar-refractivity contribution is 0.0693. The Hall–Kier alpha value is -2.88. The highest BCUT2D eigenvalue weighted by molar-refractivity contribution is 8.13. The fourth-order valence-corrected chi connectivity index (χ4v) is 3.98. The molecule has 236 valence electrons. The van der Waals surface area contributed by atoms with Crippen LogP contribution >= 0.6 is 23.1 Å². The highest BCUT2D eigenvalue weighted by Crippen LogP contribution is 2.20. The van der Waals surface area contributed by atoms with Crippen LogP contribution in [0.15, 0.2) is 82.6 Å². The van der Waals surface area contributed by atoms with E-state index in [9.17, 15) is 26.4 Å². The van der Waals surface area contributed by atoms with Gasteiger partial charge in [0.05, 0.1) is 36.2 Å². The molecule has 0 spiro atoms. The van der Waals surface area contributed by atoms with Crippen LogP contribution < -0.4 is 11.5 Å². The first kappa shape index (κ1) is 20.9.